The average molecular weight is 244 g/mol. The van der Waals surface area contributed by atoms with Crippen molar-refractivity contribution < 1.29 is 9.50 Å². The zero-order chi connectivity index (χ0) is 12.7. The fourth-order valence-electron chi connectivity index (χ4n) is 1.75. The molecular weight excluding hydrogens is 237 g/mol. The standard InChI is InChI=1S/C11H7FN5O/c12-6-1-5(2-7(18)3-6)9-8-10(13)14-4-15-11(8)17-16-9/h1-4,18H,(H2,13,14,15). The van der Waals surface area contributed by atoms with Crippen LogP contribution in [0.2, 0.25) is 0 Å². The van der Waals surface area contributed by atoms with Crippen LogP contribution in [0.4, 0.5) is 16.0 Å². The molecule has 3 rings (SSSR count). The Morgan fingerprint density at radius 3 is 2.78 bits per heavy atom. The van der Waals surface area contributed by atoms with E-state index in [0.717, 1.165) is 6.07 Å². The Hall–Kier alpha value is -2.70. The van der Waals surface area contributed by atoms with Crippen molar-refractivity contribution in [3.8, 4) is 5.75 Å². The summed E-state index contributed by atoms with van der Waals surface area (Å²) in [4.78, 5) is 7.75. The second-order valence-electron chi connectivity index (χ2n) is 3.70. The number of aromatic nitrogens is 2. The lowest BCUT2D eigenvalue weighted by molar-refractivity contribution is 0.469. The van der Waals surface area contributed by atoms with Crippen LogP contribution in [0, 0.1) is 5.82 Å². The highest BCUT2D eigenvalue weighted by Crippen LogP contribution is 2.28. The summed E-state index contributed by atoms with van der Waals surface area (Å²) in [6.07, 6.45) is 1.28. The van der Waals surface area contributed by atoms with Gasteiger partial charge in [0, 0.05) is 11.6 Å². The summed E-state index contributed by atoms with van der Waals surface area (Å²) in [7, 11) is 0. The third-order valence-electron chi connectivity index (χ3n) is 2.49. The zero-order valence-corrected chi connectivity index (χ0v) is 9.00. The highest BCUT2D eigenvalue weighted by molar-refractivity contribution is 6.19. The van der Waals surface area contributed by atoms with Crippen molar-refractivity contribution in [1.29, 1.82) is 0 Å². The molecule has 1 radical (unpaired) electrons. The molecule has 0 bridgehead atoms. The second kappa shape index (κ2) is 3.66. The van der Waals surface area contributed by atoms with Crippen LogP contribution < -0.4 is 11.2 Å². The van der Waals surface area contributed by atoms with Gasteiger partial charge in [0.25, 0.3) is 0 Å². The lowest BCUT2D eigenvalue weighted by Gasteiger charge is -2.04. The minimum atomic E-state index is -0.573. The van der Waals surface area contributed by atoms with E-state index in [9.17, 15) is 9.50 Å². The molecular formula is C11H7FN5O. The summed E-state index contributed by atoms with van der Waals surface area (Å²) >= 11 is 0. The first kappa shape index (κ1) is 10.5. The Morgan fingerprint density at radius 2 is 2.00 bits per heavy atom. The van der Waals surface area contributed by atoms with Crippen molar-refractivity contribution in [2.45, 2.75) is 0 Å². The first-order valence-electron chi connectivity index (χ1n) is 5.04. The number of nitrogens with two attached hydrogens (primary N) is 1. The quantitative estimate of drug-likeness (QED) is 0.778. The fraction of sp³-hybridized carbons (Fsp3) is 0. The number of nitrogens with zero attached hydrogens (tertiary/aromatic N) is 4. The normalized spacial score (nSPS) is 12.8. The van der Waals surface area contributed by atoms with E-state index >= 15 is 0 Å². The maximum Gasteiger partial charge on any atom is 0.189 e. The predicted octanol–water partition coefficient (Wildman–Crippen LogP) is 0.905. The number of benzene rings is 1. The largest absolute Gasteiger partial charge is 0.508 e. The third kappa shape index (κ3) is 1.53. The van der Waals surface area contributed by atoms with E-state index in [1.807, 2.05) is 0 Å². The van der Waals surface area contributed by atoms with Crippen molar-refractivity contribution in [3.63, 3.8) is 0 Å². The van der Waals surface area contributed by atoms with E-state index in [0.29, 0.717) is 22.7 Å². The van der Waals surface area contributed by atoms with E-state index < -0.39 is 5.82 Å². The van der Waals surface area contributed by atoms with E-state index in [1.165, 1.54) is 18.5 Å². The number of nitrogen functional groups attached to an aromatic ring is 1. The molecule has 1 aliphatic rings. The summed E-state index contributed by atoms with van der Waals surface area (Å²) < 4.78 is 13.2. The summed E-state index contributed by atoms with van der Waals surface area (Å²) in [6.45, 7) is 0. The maximum absolute atomic E-state index is 13.2. The van der Waals surface area contributed by atoms with Crippen molar-refractivity contribution >= 4 is 17.3 Å². The van der Waals surface area contributed by atoms with Crippen LogP contribution >= 0.6 is 0 Å². The highest BCUT2D eigenvalue weighted by atomic mass is 19.1. The summed E-state index contributed by atoms with van der Waals surface area (Å²) in [6, 6.07) is 3.61. The van der Waals surface area contributed by atoms with E-state index in [-0.39, 0.29) is 11.6 Å². The Balaban J connectivity index is 2.17. The van der Waals surface area contributed by atoms with Gasteiger partial charge in [0.15, 0.2) is 5.82 Å². The van der Waals surface area contributed by atoms with Gasteiger partial charge >= 0.3 is 0 Å². The van der Waals surface area contributed by atoms with Gasteiger partial charge in [-0.2, -0.15) is 0 Å². The van der Waals surface area contributed by atoms with Gasteiger partial charge in [0.2, 0.25) is 0 Å². The Morgan fingerprint density at radius 1 is 1.17 bits per heavy atom. The topological polar surface area (TPSA) is 98.5 Å². The molecule has 3 N–H and O–H groups in total. The van der Waals surface area contributed by atoms with Crippen LogP contribution in [0.5, 0.6) is 5.75 Å². The first-order valence-corrected chi connectivity index (χ1v) is 5.04. The number of phenols is 1. The zero-order valence-electron chi connectivity index (χ0n) is 9.00. The Labute approximate surface area is 101 Å². The van der Waals surface area contributed by atoms with Crippen molar-refractivity contribution in [3.05, 3.63) is 41.5 Å². The lowest BCUT2D eigenvalue weighted by Crippen LogP contribution is -2.06. The van der Waals surface area contributed by atoms with Crippen LogP contribution in [0.15, 0.2) is 29.6 Å². The van der Waals surface area contributed by atoms with Crippen molar-refractivity contribution in [2.24, 2.45) is 5.10 Å². The van der Waals surface area contributed by atoms with Gasteiger partial charge in [-0.25, -0.2) is 14.4 Å². The number of hydrogen-bond acceptors (Lipinski definition) is 5. The molecule has 0 fully saturated rings. The lowest BCUT2D eigenvalue weighted by atomic mass is 10.0. The number of phenolic OH excluding ortho intramolecular Hbond substituents is 1. The van der Waals surface area contributed by atoms with Crippen LogP contribution in [-0.2, 0) is 0 Å². The molecule has 0 spiro atoms. The summed E-state index contributed by atoms with van der Waals surface area (Å²) in [5, 5.41) is 13.3. The van der Waals surface area contributed by atoms with Gasteiger partial charge in [0.1, 0.15) is 29.4 Å². The molecule has 0 atom stereocenters. The fourth-order valence-corrected chi connectivity index (χ4v) is 1.75. The molecule has 89 valence electrons. The molecule has 0 unspecified atom stereocenters. The number of halogens is 1. The molecule has 0 saturated heterocycles. The third-order valence-corrected chi connectivity index (χ3v) is 2.49. The predicted molar refractivity (Wildman–Crippen MR) is 61.9 cm³/mol. The average Bonchev–Trinajstić information content (AvgIpc) is 2.73. The molecule has 0 aliphatic carbocycles. The molecule has 2 heterocycles. The van der Waals surface area contributed by atoms with Crippen LogP contribution in [0.1, 0.15) is 11.1 Å². The molecule has 1 aromatic carbocycles. The van der Waals surface area contributed by atoms with Gasteiger partial charge in [-0.05, 0) is 12.1 Å². The van der Waals surface area contributed by atoms with E-state index in [4.69, 9.17) is 5.73 Å². The highest BCUT2D eigenvalue weighted by Gasteiger charge is 2.24. The molecule has 7 heteroatoms. The molecule has 2 aromatic rings. The first-order chi connectivity index (χ1) is 8.65. The summed E-state index contributed by atoms with van der Waals surface area (Å²) in [5.41, 5.74) is 10.7. The van der Waals surface area contributed by atoms with E-state index in [2.05, 4.69) is 20.5 Å². The molecule has 0 amide bonds. The van der Waals surface area contributed by atoms with Crippen molar-refractivity contribution in [2.75, 3.05) is 5.73 Å². The SMILES string of the molecule is Nc1ncnc2c1C(c1cc(O)cc(F)c1)=N[N]2. The van der Waals surface area contributed by atoms with Gasteiger partial charge in [-0.3, -0.25) is 0 Å². The van der Waals surface area contributed by atoms with Gasteiger partial charge in [0.05, 0.1) is 5.56 Å². The van der Waals surface area contributed by atoms with Gasteiger partial charge < -0.3 is 10.8 Å². The molecule has 6 nitrogen and oxygen atoms in total. The monoisotopic (exact) mass is 244 g/mol. The second-order valence-corrected chi connectivity index (χ2v) is 3.70. The van der Waals surface area contributed by atoms with Gasteiger partial charge in [-0.1, -0.05) is 0 Å². The Bertz CT molecular complexity index is 650. The minimum absolute atomic E-state index is 0.198. The molecule has 0 saturated carbocycles. The molecule has 1 aromatic heterocycles. The van der Waals surface area contributed by atoms with Crippen LogP contribution in [-0.4, -0.2) is 20.8 Å². The Kier molecular flexibility index (Phi) is 2.12. The maximum atomic E-state index is 13.2. The number of aromatic hydroxyl groups is 1. The molecule has 18 heavy (non-hydrogen) atoms. The van der Waals surface area contributed by atoms with Gasteiger partial charge in [-0.15, -0.1) is 10.5 Å². The molecule has 1 aliphatic heterocycles. The number of rotatable bonds is 1. The van der Waals surface area contributed by atoms with Crippen molar-refractivity contribution in [1.82, 2.24) is 15.4 Å². The van der Waals surface area contributed by atoms with Crippen LogP contribution in [0.25, 0.3) is 0 Å². The smallest absolute Gasteiger partial charge is 0.189 e. The number of anilines is 1. The van der Waals surface area contributed by atoms with E-state index in [1.54, 1.807) is 0 Å². The summed E-state index contributed by atoms with van der Waals surface area (Å²) in [5.74, 6) is -0.224. The number of hydrogen-bond donors (Lipinski definition) is 2. The number of fused-ring (bicyclic) bond motifs is 1. The minimum Gasteiger partial charge on any atom is -0.508 e. The van der Waals surface area contributed by atoms with Crippen LogP contribution in [0.3, 0.4) is 0 Å².